The molecule has 0 aliphatic heterocycles. The van der Waals surface area contributed by atoms with Crippen LogP contribution in [-0.4, -0.2) is 45.2 Å². The van der Waals surface area contributed by atoms with Crippen LogP contribution in [0.25, 0.3) is 0 Å². The number of nitrogens with zero attached hydrogens (tertiary/aromatic N) is 1. The highest BCUT2D eigenvalue weighted by Crippen LogP contribution is 2.28. The number of likely N-dealkylation sites (N-methyl/N-ethyl adjacent to an activating group) is 1. The van der Waals surface area contributed by atoms with Crippen LogP contribution in [0.2, 0.25) is 0 Å². The van der Waals surface area contributed by atoms with Gasteiger partial charge in [-0.2, -0.15) is 0 Å². The molecule has 5 heteroatoms. The zero-order valence-electron chi connectivity index (χ0n) is 15.3. The van der Waals surface area contributed by atoms with Crippen molar-refractivity contribution in [1.29, 1.82) is 0 Å². The summed E-state index contributed by atoms with van der Waals surface area (Å²) in [7, 11) is 5.54. The van der Waals surface area contributed by atoms with Gasteiger partial charge in [-0.1, -0.05) is 30.3 Å². The van der Waals surface area contributed by atoms with Crippen LogP contribution in [0.5, 0.6) is 11.5 Å². The van der Waals surface area contributed by atoms with Crippen LogP contribution in [0.3, 0.4) is 0 Å². The van der Waals surface area contributed by atoms with Crippen LogP contribution >= 0.6 is 0 Å². The SMILES string of the molecule is CCOc1ccc(C(=O)N[C@@H](CN(C)C)c2ccccc2)cc1OC. The Morgan fingerprint density at radius 2 is 1.84 bits per heavy atom. The summed E-state index contributed by atoms with van der Waals surface area (Å²) in [5.41, 5.74) is 1.61. The van der Waals surface area contributed by atoms with E-state index in [1.54, 1.807) is 25.3 Å². The van der Waals surface area contributed by atoms with E-state index in [1.165, 1.54) is 0 Å². The Balaban J connectivity index is 2.20. The summed E-state index contributed by atoms with van der Waals surface area (Å²) in [5, 5.41) is 3.11. The van der Waals surface area contributed by atoms with Gasteiger partial charge < -0.3 is 19.7 Å². The Morgan fingerprint density at radius 1 is 1.12 bits per heavy atom. The van der Waals surface area contributed by atoms with E-state index >= 15 is 0 Å². The average molecular weight is 342 g/mol. The minimum Gasteiger partial charge on any atom is -0.493 e. The Labute approximate surface area is 149 Å². The maximum atomic E-state index is 12.7. The molecule has 1 N–H and O–H groups in total. The quantitative estimate of drug-likeness (QED) is 0.801. The third-order valence-electron chi connectivity index (χ3n) is 3.78. The van der Waals surface area contributed by atoms with Crippen LogP contribution < -0.4 is 14.8 Å². The predicted octanol–water partition coefficient (Wildman–Crippen LogP) is 3.13. The van der Waals surface area contributed by atoms with Gasteiger partial charge in [-0.15, -0.1) is 0 Å². The van der Waals surface area contributed by atoms with E-state index in [9.17, 15) is 4.79 Å². The Bertz CT molecular complexity index is 687. The van der Waals surface area contributed by atoms with Crippen molar-refractivity contribution in [3.05, 3.63) is 59.7 Å². The number of carbonyl (C=O) groups is 1. The Hall–Kier alpha value is -2.53. The number of benzene rings is 2. The van der Waals surface area contributed by atoms with Gasteiger partial charge in [0.15, 0.2) is 11.5 Å². The number of hydrogen-bond donors (Lipinski definition) is 1. The molecule has 0 heterocycles. The molecule has 0 saturated heterocycles. The van der Waals surface area contributed by atoms with E-state index in [4.69, 9.17) is 9.47 Å². The lowest BCUT2D eigenvalue weighted by molar-refractivity contribution is 0.0929. The monoisotopic (exact) mass is 342 g/mol. The number of ether oxygens (including phenoxy) is 2. The van der Waals surface area contributed by atoms with Crippen molar-refractivity contribution in [2.24, 2.45) is 0 Å². The molecule has 2 rings (SSSR count). The van der Waals surface area contributed by atoms with E-state index in [0.29, 0.717) is 30.2 Å². The first-order valence-corrected chi connectivity index (χ1v) is 8.36. The van der Waals surface area contributed by atoms with E-state index in [-0.39, 0.29) is 11.9 Å². The molecule has 2 aromatic carbocycles. The van der Waals surface area contributed by atoms with Gasteiger partial charge in [0.05, 0.1) is 19.8 Å². The highest BCUT2D eigenvalue weighted by Gasteiger charge is 2.18. The van der Waals surface area contributed by atoms with E-state index in [2.05, 4.69) is 10.2 Å². The van der Waals surface area contributed by atoms with Crippen molar-refractivity contribution in [3.8, 4) is 11.5 Å². The first-order valence-electron chi connectivity index (χ1n) is 8.36. The molecule has 0 saturated carbocycles. The van der Waals surface area contributed by atoms with Crippen molar-refractivity contribution >= 4 is 5.91 Å². The highest BCUT2D eigenvalue weighted by molar-refractivity contribution is 5.95. The van der Waals surface area contributed by atoms with Gasteiger partial charge in [0, 0.05) is 12.1 Å². The van der Waals surface area contributed by atoms with E-state index in [1.807, 2.05) is 51.4 Å². The van der Waals surface area contributed by atoms with Crippen LogP contribution in [-0.2, 0) is 0 Å². The normalized spacial score (nSPS) is 11.9. The third-order valence-corrected chi connectivity index (χ3v) is 3.78. The molecule has 0 bridgehead atoms. The number of carbonyl (C=O) groups excluding carboxylic acids is 1. The summed E-state index contributed by atoms with van der Waals surface area (Å²) in [5.74, 6) is 1.05. The van der Waals surface area contributed by atoms with Crippen molar-refractivity contribution in [3.63, 3.8) is 0 Å². The number of methoxy groups -OCH3 is 1. The lowest BCUT2D eigenvalue weighted by atomic mass is 10.1. The average Bonchev–Trinajstić information content (AvgIpc) is 2.62. The molecule has 0 radical (unpaired) electrons. The van der Waals surface area contributed by atoms with E-state index < -0.39 is 0 Å². The molecular formula is C20H26N2O3. The van der Waals surface area contributed by atoms with Crippen LogP contribution in [0.15, 0.2) is 48.5 Å². The second-order valence-corrected chi connectivity index (χ2v) is 6.00. The van der Waals surface area contributed by atoms with Crippen LogP contribution in [0.1, 0.15) is 28.9 Å². The zero-order chi connectivity index (χ0) is 18.2. The Morgan fingerprint density at radius 3 is 2.44 bits per heavy atom. The Kier molecular flexibility index (Phi) is 6.83. The molecule has 5 nitrogen and oxygen atoms in total. The molecule has 2 aromatic rings. The number of rotatable bonds is 8. The lowest BCUT2D eigenvalue weighted by Crippen LogP contribution is -2.35. The minimum absolute atomic E-state index is 0.0961. The molecule has 0 spiro atoms. The first-order chi connectivity index (χ1) is 12.0. The van der Waals surface area contributed by atoms with Crippen molar-refractivity contribution in [1.82, 2.24) is 10.2 Å². The smallest absolute Gasteiger partial charge is 0.251 e. The van der Waals surface area contributed by atoms with Crippen LogP contribution in [0.4, 0.5) is 0 Å². The molecule has 25 heavy (non-hydrogen) atoms. The molecule has 134 valence electrons. The number of hydrogen-bond acceptors (Lipinski definition) is 4. The van der Waals surface area contributed by atoms with Gasteiger partial charge in [-0.25, -0.2) is 0 Å². The largest absolute Gasteiger partial charge is 0.493 e. The summed E-state index contributed by atoms with van der Waals surface area (Å²) in [6, 6.07) is 15.1. The molecule has 0 fully saturated rings. The maximum Gasteiger partial charge on any atom is 0.251 e. The summed E-state index contributed by atoms with van der Waals surface area (Å²) in [6.45, 7) is 3.16. The molecule has 0 aromatic heterocycles. The van der Waals surface area contributed by atoms with Crippen molar-refractivity contribution in [2.45, 2.75) is 13.0 Å². The number of amides is 1. The third kappa shape index (κ3) is 5.22. The fourth-order valence-corrected chi connectivity index (χ4v) is 2.61. The van der Waals surface area contributed by atoms with E-state index in [0.717, 1.165) is 5.56 Å². The molecule has 0 unspecified atom stereocenters. The second-order valence-electron chi connectivity index (χ2n) is 6.00. The summed E-state index contributed by atoms with van der Waals surface area (Å²) < 4.78 is 10.8. The van der Waals surface area contributed by atoms with Gasteiger partial charge in [-0.3, -0.25) is 4.79 Å². The van der Waals surface area contributed by atoms with Gasteiger partial charge in [0.2, 0.25) is 0 Å². The summed E-state index contributed by atoms with van der Waals surface area (Å²) >= 11 is 0. The number of nitrogens with one attached hydrogen (secondary N) is 1. The summed E-state index contributed by atoms with van der Waals surface area (Å²) in [4.78, 5) is 14.8. The molecule has 1 atom stereocenters. The van der Waals surface area contributed by atoms with Gasteiger partial charge in [0.1, 0.15) is 0 Å². The van der Waals surface area contributed by atoms with Crippen molar-refractivity contribution in [2.75, 3.05) is 34.4 Å². The molecular weight excluding hydrogens is 316 g/mol. The molecule has 0 aliphatic carbocycles. The standard InChI is InChI=1S/C20H26N2O3/c1-5-25-18-12-11-16(13-19(18)24-4)20(23)21-17(14-22(2)3)15-9-7-6-8-10-15/h6-13,17H,5,14H2,1-4H3,(H,21,23)/t17-/m0/s1. The maximum absolute atomic E-state index is 12.7. The van der Waals surface area contributed by atoms with Gasteiger partial charge >= 0.3 is 0 Å². The fraction of sp³-hybridized carbons (Fsp3) is 0.350. The molecule has 0 aliphatic rings. The van der Waals surface area contributed by atoms with Crippen LogP contribution in [0, 0.1) is 0 Å². The lowest BCUT2D eigenvalue weighted by Gasteiger charge is -2.23. The second kappa shape index (κ2) is 9.08. The van der Waals surface area contributed by atoms with Gasteiger partial charge in [-0.05, 0) is 44.8 Å². The van der Waals surface area contributed by atoms with Crippen molar-refractivity contribution < 1.29 is 14.3 Å². The molecule has 1 amide bonds. The fourth-order valence-electron chi connectivity index (χ4n) is 2.61. The minimum atomic E-state index is -0.142. The van der Waals surface area contributed by atoms with Gasteiger partial charge in [0.25, 0.3) is 5.91 Å². The topological polar surface area (TPSA) is 50.8 Å². The first kappa shape index (κ1) is 18.8. The summed E-state index contributed by atoms with van der Waals surface area (Å²) in [6.07, 6.45) is 0. The zero-order valence-corrected chi connectivity index (χ0v) is 15.3. The predicted molar refractivity (Wildman–Crippen MR) is 99.4 cm³/mol. The highest BCUT2D eigenvalue weighted by atomic mass is 16.5.